The van der Waals surface area contributed by atoms with Crippen molar-refractivity contribution in [2.45, 2.75) is 0 Å². The van der Waals surface area contributed by atoms with Crippen LogP contribution in [0.2, 0.25) is 0 Å². The highest BCUT2D eigenvalue weighted by atomic mass is 15.0. The average Bonchev–Trinajstić information content (AvgIpc) is 3.52. The molecule has 9 rings (SSSR count). The van der Waals surface area contributed by atoms with Crippen molar-refractivity contribution in [1.82, 2.24) is 24.5 Å². The van der Waals surface area contributed by atoms with E-state index >= 15 is 0 Å². The van der Waals surface area contributed by atoms with Crippen molar-refractivity contribution in [3.63, 3.8) is 0 Å². The molecule has 0 unspecified atom stereocenters. The summed E-state index contributed by atoms with van der Waals surface area (Å²) in [5.74, 6) is 0.598. The molecule has 9 aromatic rings. The molecule has 3 aromatic heterocycles. The number of nitriles is 1. The van der Waals surface area contributed by atoms with Crippen molar-refractivity contribution in [2.75, 3.05) is 0 Å². The lowest BCUT2D eigenvalue weighted by Crippen LogP contribution is -2.01. The number of nitrogens with zero attached hydrogens (tertiary/aromatic N) is 6. The molecule has 0 spiro atoms. The van der Waals surface area contributed by atoms with Crippen molar-refractivity contribution in [1.29, 1.82) is 5.26 Å². The van der Waals surface area contributed by atoms with Gasteiger partial charge in [0, 0.05) is 33.2 Å². The Morgan fingerprint density at radius 3 is 1.65 bits per heavy atom. The van der Waals surface area contributed by atoms with Gasteiger partial charge >= 0.3 is 0 Å². The fraction of sp³-hybridized carbons (Fsp3) is 0. The quantitative estimate of drug-likeness (QED) is 0.190. The van der Waals surface area contributed by atoms with E-state index in [9.17, 15) is 5.26 Å². The van der Waals surface area contributed by atoms with Gasteiger partial charge in [0.1, 0.15) is 5.69 Å². The summed E-state index contributed by atoms with van der Waals surface area (Å²) in [6.07, 6.45) is 0. The Bertz CT molecular complexity index is 2650. The standard InChI is InChI=1S/C43H26N6/c44-27-28-18-20-30(21-19-28)41-42(46-36-15-7-6-14-35(36)45-41)38-26-37(47-43(48-38)31-10-2-1-3-11-31)29-22-24-32(25-23-29)49-39-16-8-4-12-33(39)34-13-5-9-17-40(34)49/h1-26H. The van der Waals surface area contributed by atoms with Gasteiger partial charge in [0.25, 0.3) is 0 Å². The van der Waals surface area contributed by atoms with Gasteiger partial charge in [-0.05, 0) is 54.6 Å². The van der Waals surface area contributed by atoms with Crippen LogP contribution in [0.1, 0.15) is 5.56 Å². The van der Waals surface area contributed by atoms with Crippen LogP contribution in [-0.4, -0.2) is 24.5 Å². The first-order valence-corrected chi connectivity index (χ1v) is 16.0. The normalized spacial score (nSPS) is 11.2. The van der Waals surface area contributed by atoms with E-state index in [1.54, 1.807) is 12.1 Å². The van der Waals surface area contributed by atoms with E-state index in [1.165, 1.54) is 10.8 Å². The molecule has 0 aliphatic heterocycles. The van der Waals surface area contributed by atoms with Crippen molar-refractivity contribution in [3.05, 3.63) is 163 Å². The number of rotatable bonds is 5. The highest BCUT2D eigenvalue weighted by Gasteiger charge is 2.19. The summed E-state index contributed by atoms with van der Waals surface area (Å²) in [6.45, 7) is 0. The number of hydrogen-bond donors (Lipinski definition) is 0. The van der Waals surface area contributed by atoms with Crippen LogP contribution in [0.5, 0.6) is 0 Å². The fourth-order valence-electron chi connectivity index (χ4n) is 6.50. The van der Waals surface area contributed by atoms with Crippen LogP contribution in [0.4, 0.5) is 0 Å². The Morgan fingerprint density at radius 2 is 1.00 bits per heavy atom. The Hall–Kier alpha value is -6.97. The van der Waals surface area contributed by atoms with Gasteiger partial charge in [-0.3, -0.25) is 0 Å². The van der Waals surface area contributed by atoms with E-state index in [-0.39, 0.29) is 0 Å². The second-order valence-corrected chi connectivity index (χ2v) is 11.8. The van der Waals surface area contributed by atoms with E-state index in [2.05, 4.69) is 83.4 Å². The van der Waals surface area contributed by atoms with Crippen LogP contribution in [-0.2, 0) is 0 Å². The number of benzene rings is 6. The molecule has 6 aromatic carbocycles. The molecule has 6 nitrogen and oxygen atoms in total. The van der Waals surface area contributed by atoms with Crippen LogP contribution >= 0.6 is 0 Å². The molecule has 6 heteroatoms. The first-order chi connectivity index (χ1) is 24.2. The van der Waals surface area contributed by atoms with E-state index in [0.717, 1.165) is 50.1 Å². The topological polar surface area (TPSA) is 80.3 Å². The van der Waals surface area contributed by atoms with Crippen LogP contribution in [0.25, 0.3) is 83.8 Å². The summed E-state index contributed by atoms with van der Waals surface area (Å²) >= 11 is 0. The Morgan fingerprint density at radius 1 is 0.449 bits per heavy atom. The molecule has 0 atom stereocenters. The predicted octanol–water partition coefficient (Wildman–Crippen LogP) is 10.1. The minimum absolute atomic E-state index is 0.582. The Kier molecular flexibility index (Phi) is 6.74. The van der Waals surface area contributed by atoms with Crippen LogP contribution in [0, 0.1) is 11.3 Å². The van der Waals surface area contributed by atoms with Crippen LogP contribution in [0.15, 0.2) is 158 Å². The lowest BCUT2D eigenvalue weighted by molar-refractivity contribution is 1.16. The molecule has 0 fully saturated rings. The number of para-hydroxylation sites is 4. The maximum atomic E-state index is 9.42. The van der Waals surface area contributed by atoms with E-state index < -0.39 is 0 Å². The molecule has 0 bridgehead atoms. The molecule has 0 saturated heterocycles. The smallest absolute Gasteiger partial charge is 0.160 e. The Labute approximate surface area is 282 Å². The van der Waals surface area contributed by atoms with E-state index in [1.807, 2.05) is 72.8 Å². The van der Waals surface area contributed by atoms with Crippen LogP contribution < -0.4 is 0 Å². The third-order valence-corrected chi connectivity index (χ3v) is 8.86. The maximum Gasteiger partial charge on any atom is 0.160 e. The minimum atomic E-state index is 0.582. The first-order valence-electron chi connectivity index (χ1n) is 16.0. The number of fused-ring (bicyclic) bond motifs is 4. The number of aromatic nitrogens is 5. The highest BCUT2D eigenvalue weighted by Crippen LogP contribution is 2.35. The second-order valence-electron chi connectivity index (χ2n) is 11.8. The third-order valence-electron chi connectivity index (χ3n) is 8.86. The van der Waals surface area contributed by atoms with Gasteiger partial charge in [-0.2, -0.15) is 5.26 Å². The molecule has 3 heterocycles. The van der Waals surface area contributed by atoms with Gasteiger partial charge in [0.15, 0.2) is 5.82 Å². The molecule has 0 saturated carbocycles. The molecule has 228 valence electrons. The summed E-state index contributed by atoms with van der Waals surface area (Å²) in [6, 6.07) is 55.0. The molecule has 0 amide bonds. The molecule has 0 aliphatic rings. The van der Waals surface area contributed by atoms with Crippen molar-refractivity contribution in [3.8, 4) is 57.0 Å². The van der Waals surface area contributed by atoms with Gasteiger partial charge < -0.3 is 4.57 Å². The van der Waals surface area contributed by atoms with E-state index in [0.29, 0.717) is 28.5 Å². The number of hydrogen-bond acceptors (Lipinski definition) is 5. The third kappa shape index (κ3) is 4.98. The summed E-state index contributed by atoms with van der Waals surface area (Å²) < 4.78 is 2.31. The zero-order valence-electron chi connectivity index (χ0n) is 26.2. The Balaban J connectivity index is 1.23. The molecule has 0 radical (unpaired) electrons. The summed E-state index contributed by atoms with van der Waals surface area (Å²) in [4.78, 5) is 20.3. The molecule has 49 heavy (non-hydrogen) atoms. The zero-order valence-corrected chi connectivity index (χ0v) is 26.2. The zero-order chi connectivity index (χ0) is 32.7. The SMILES string of the molecule is N#Cc1ccc(-c2nc3ccccc3nc2-c2cc(-c3ccc(-n4c5ccccc5c5ccccc54)cc3)nc(-c3ccccc3)n2)cc1. The molecular weight excluding hydrogens is 601 g/mol. The van der Waals surface area contributed by atoms with Gasteiger partial charge in [0.2, 0.25) is 0 Å². The monoisotopic (exact) mass is 626 g/mol. The average molecular weight is 627 g/mol. The summed E-state index contributed by atoms with van der Waals surface area (Å²) in [5, 5.41) is 11.9. The van der Waals surface area contributed by atoms with Gasteiger partial charge in [-0.25, -0.2) is 19.9 Å². The van der Waals surface area contributed by atoms with Gasteiger partial charge in [-0.15, -0.1) is 0 Å². The van der Waals surface area contributed by atoms with Crippen molar-refractivity contribution >= 4 is 32.8 Å². The van der Waals surface area contributed by atoms with E-state index in [4.69, 9.17) is 19.9 Å². The summed E-state index contributed by atoms with van der Waals surface area (Å²) in [7, 11) is 0. The lowest BCUT2D eigenvalue weighted by Gasteiger charge is -2.13. The van der Waals surface area contributed by atoms with Gasteiger partial charge in [-0.1, -0.05) is 103 Å². The maximum absolute atomic E-state index is 9.42. The largest absolute Gasteiger partial charge is 0.309 e. The fourth-order valence-corrected chi connectivity index (χ4v) is 6.50. The van der Waals surface area contributed by atoms with Crippen molar-refractivity contribution < 1.29 is 0 Å². The second kappa shape index (κ2) is 11.7. The summed E-state index contributed by atoms with van der Waals surface area (Å²) in [5.41, 5.74) is 11.0. The lowest BCUT2D eigenvalue weighted by atomic mass is 10.0. The van der Waals surface area contributed by atoms with Crippen LogP contribution in [0.3, 0.4) is 0 Å². The van der Waals surface area contributed by atoms with Crippen molar-refractivity contribution in [2.24, 2.45) is 0 Å². The predicted molar refractivity (Wildman–Crippen MR) is 196 cm³/mol. The molecule has 0 N–H and O–H groups in total. The van der Waals surface area contributed by atoms with Gasteiger partial charge in [0.05, 0.1) is 50.8 Å². The molecular formula is C43H26N6. The first kappa shape index (κ1) is 28.3. The molecule has 0 aliphatic carbocycles. The highest BCUT2D eigenvalue weighted by molar-refractivity contribution is 6.09. The minimum Gasteiger partial charge on any atom is -0.309 e.